The van der Waals surface area contributed by atoms with Crippen molar-refractivity contribution in [3.8, 4) is 0 Å². The fraction of sp³-hybridized carbons (Fsp3) is 0.500. The van der Waals surface area contributed by atoms with Gasteiger partial charge in [-0.2, -0.15) is 0 Å². The molecule has 20 heavy (non-hydrogen) atoms. The molecule has 0 N–H and O–H groups in total. The van der Waals surface area contributed by atoms with Gasteiger partial charge in [0.05, 0.1) is 25.8 Å². The van der Waals surface area contributed by atoms with Gasteiger partial charge in [-0.15, -0.1) is 0 Å². The minimum absolute atomic E-state index is 0.214. The van der Waals surface area contributed by atoms with Gasteiger partial charge in [0.15, 0.2) is 6.20 Å². The number of nitrogens with zero attached hydrogens (tertiary/aromatic N) is 3. The van der Waals surface area contributed by atoms with Crippen LogP contribution in [0, 0.1) is 10.1 Å². The number of methoxy groups -OCH3 is 2. The molecule has 110 valence electrons. The van der Waals surface area contributed by atoms with Gasteiger partial charge in [0.1, 0.15) is 0 Å². The van der Waals surface area contributed by atoms with Crippen molar-refractivity contribution in [3.05, 3.63) is 28.4 Å². The Balaban J connectivity index is 2.75. The van der Waals surface area contributed by atoms with E-state index in [1.807, 2.05) is 4.90 Å². The lowest BCUT2D eigenvalue weighted by molar-refractivity contribution is -0.389. The number of anilines is 1. The fourth-order valence-electron chi connectivity index (χ4n) is 1.57. The summed E-state index contributed by atoms with van der Waals surface area (Å²) in [4.78, 5) is 26.8. The van der Waals surface area contributed by atoms with Crippen LogP contribution in [0.2, 0.25) is 0 Å². The van der Waals surface area contributed by atoms with Gasteiger partial charge >= 0.3 is 11.8 Å². The van der Waals surface area contributed by atoms with Crippen LogP contribution in [-0.2, 0) is 14.3 Å². The Hall–Kier alpha value is -2.22. The van der Waals surface area contributed by atoms with Crippen molar-refractivity contribution >= 4 is 17.5 Å². The highest BCUT2D eigenvalue weighted by Crippen LogP contribution is 2.16. The van der Waals surface area contributed by atoms with Gasteiger partial charge in [-0.25, -0.2) is 0 Å². The summed E-state index contributed by atoms with van der Waals surface area (Å²) < 4.78 is 9.59. The number of nitro groups is 1. The molecule has 0 aliphatic heterocycles. The summed E-state index contributed by atoms with van der Waals surface area (Å²) in [6.45, 7) is 1.45. The first-order valence-corrected chi connectivity index (χ1v) is 5.99. The van der Waals surface area contributed by atoms with Crippen LogP contribution in [0.4, 0.5) is 11.5 Å². The third-order valence-electron chi connectivity index (χ3n) is 2.66. The van der Waals surface area contributed by atoms with E-state index in [1.165, 1.54) is 19.4 Å². The molecule has 0 bridgehead atoms. The van der Waals surface area contributed by atoms with Crippen molar-refractivity contribution < 1.29 is 19.2 Å². The van der Waals surface area contributed by atoms with Crippen LogP contribution in [0.25, 0.3) is 0 Å². The number of ether oxygens (including phenoxy) is 2. The van der Waals surface area contributed by atoms with Crippen LogP contribution >= 0.6 is 0 Å². The third kappa shape index (κ3) is 4.81. The molecule has 1 rings (SSSR count). The standard InChI is InChI=1S/C12H17N3O5/c1-19-8-7-14(6-5-12(16)20-2)10-3-4-11(13-9-10)15(17)18/h3-4,9H,5-8H2,1-2H3. The van der Waals surface area contributed by atoms with Crippen molar-refractivity contribution in [1.29, 1.82) is 0 Å². The number of rotatable bonds is 8. The molecule has 0 amide bonds. The first-order valence-electron chi connectivity index (χ1n) is 5.99. The smallest absolute Gasteiger partial charge is 0.363 e. The van der Waals surface area contributed by atoms with E-state index in [2.05, 4.69) is 9.72 Å². The molecule has 0 atom stereocenters. The van der Waals surface area contributed by atoms with E-state index in [0.717, 1.165) is 0 Å². The van der Waals surface area contributed by atoms with Gasteiger partial charge < -0.3 is 24.5 Å². The van der Waals surface area contributed by atoms with E-state index in [4.69, 9.17) is 4.74 Å². The van der Waals surface area contributed by atoms with Gasteiger partial charge in [0.25, 0.3) is 0 Å². The molecule has 0 aliphatic rings. The maximum absolute atomic E-state index is 11.2. The maximum Gasteiger partial charge on any atom is 0.363 e. The normalized spacial score (nSPS) is 10.1. The SMILES string of the molecule is COCCN(CCC(=O)OC)c1ccc([N+](=O)[O-])nc1. The van der Waals surface area contributed by atoms with Crippen molar-refractivity contribution in [1.82, 2.24) is 4.98 Å². The van der Waals surface area contributed by atoms with Crippen molar-refractivity contribution in [2.24, 2.45) is 0 Å². The molecule has 0 saturated heterocycles. The number of carbonyl (C=O) groups is 1. The first kappa shape index (κ1) is 15.8. The Morgan fingerprint density at radius 1 is 1.40 bits per heavy atom. The fourth-order valence-corrected chi connectivity index (χ4v) is 1.57. The molecule has 1 aromatic rings. The maximum atomic E-state index is 11.2. The molecule has 0 radical (unpaired) electrons. The Bertz CT molecular complexity index is 449. The summed E-state index contributed by atoms with van der Waals surface area (Å²) in [6.07, 6.45) is 1.63. The zero-order chi connectivity index (χ0) is 15.0. The van der Waals surface area contributed by atoms with E-state index in [1.54, 1.807) is 13.2 Å². The van der Waals surface area contributed by atoms with Crippen LogP contribution in [-0.4, -0.2) is 49.8 Å². The van der Waals surface area contributed by atoms with Crippen LogP contribution in [0.3, 0.4) is 0 Å². The van der Waals surface area contributed by atoms with Crippen LogP contribution in [0.5, 0.6) is 0 Å². The molecular weight excluding hydrogens is 266 g/mol. The number of esters is 1. The minimum atomic E-state index is -0.558. The lowest BCUT2D eigenvalue weighted by Gasteiger charge is -2.22. The number of hydrogen-bond donors (Lipinski definition) is 0. The average Bonchev–Trinajstić information content (AvgIpc) is 2.47. The van der Waals surface area contributed by atoms with E-state index in [0.29, 0.717) is 25.4 Å². The van der Waals surface area contributed by atoms with Gasteiger partial charge in [0.2, 0.25) is 0 Å². The van der Waals surface area contributed by atoms with Crippen LogP contribution in [0.1, 0.15) is 6.42 Å². The number of hydrogen-bond acceptors (Lipinski definition) is 7. The summed E-state index contributed by atoms with van der Waals surface area (Å²) in [5, 5.41) is 10.6. The lowest BCUT2D eigenvalue weighted by Crippen LogP contribution is -2.30. The third-order valence-corrected chi connectivity index (χ3v) is 2.66. The molecule has 0 saturated carbocycles. The Morgan fingerprint density at radius 2 is 2.15 bits per heavy atom. The second-order valence-corrected chi connectivity index (χ2v) is 3.94. The number of aromatic nitrogens is 1. The highest BCUT2D eigenvalue weighted by atomic mass is 16.6. The second-order valence-electron chi connectivity index (χ2n) is 3.94. The first-order chi connectivity index (χ1) is 9.58. The van der Waals surface area contributed by atoms with E-state index < -0.39 is 4.92 Å². The number of pyridine rings is 1. The highest BCUT2D eigenvalue weighted by Gasteiger charge is 2.13. The van der Waals surface area contributed by atoms with Gasteiger partial charge in [0, 0.05) is 26.3 Å². The monoisotopic (exact) mass is 283 g/mol. The summed E-state index contributed by atoms with van der Waals surface area (Å²) in [5.74, 6) is -0.532. The van der Waals surface area contributed by atoms with Crippen LogP contribution in [0.15, 0.2) is 18.3 Å². The molecule has 0 unspecified atom stereocenters. The molecule has 1 aromatic heterocycles. The van der Waals surface area contributed by atoms with Crippen molar-refractivity contribution in [3.63, 3.8) is 0 Å². The van der Waals surface area contributed by atoms with Gasteiger partial charge in [-0.1, -0.05) is 0 Å². The van der Waals surface area contributed by atoms with Crippen LogP contribution < -0.4 is 4.90 Å². The van der Waals surface area contributed by atoms with Crippen molar-refractivity contribution in [2.45, 2.75) is 6.42 Å². The molecular formula is C12H17N3O5. The van der Waals surface area contributed by atoms with E-state index in [-0.39, 0.29) is 18.2 Å². The summed E-state index contributed by atoms with van der Waals surface area (Å²) >= 11 is 0. The Labute approximate surface area is 116 Å². The van der Waals surface area contributed by atoms with E-state index in [9.17, 15) is 14.9 Å². The Morgan fingerprint density at radius 3 is 2.65 bits per heavy atom. The minimum Gasteiger partial charge on any atom is -0.469 e. The summed E-state index contributed by atoms with van der Waals surface area (Å²) in [7, 11) is 2.90. The predicted molar refractivity (Wildman–Crippen MR) is 71.6 cm³/mol. The average molecular weight is 283 g/mol. The lowest BCUT2D eigenvalue weighted by atomic mass is 10.3. The summed E-state index contributed by atoms with van der Waals surface area (Å²) in [6, 6.07) is 2.92. The molecule has 8 heteroatoms. The zero-order valence-corrected chi connectivity index (χ0v) is 11.4. The largest absolute Gasteiger partial charge is 0.469 e. The predicted octanol–water partition coefficient (Wildman–Crippen LogP) is 1.01. The second kappa shape index (κ2) is 8.05. The molecule has 0 aliphatic carbocycles. The zero-order valence-electron chi connectivity index (χ0n) is 11.4. The molecule has 0 spiro atoms. The topological polar surface area (TPSA) is 94.8 Å². The molecule has 1 heterocycles. The summed E-state index contributed by atoms with van der Waals surface area (Å²) in [5.41, 5.74) is 0.691. The number of carbonyl (C=O) groups excluding carboxylic acids is 1. The molecule has 0 fully saturated rings. The van der Waals surface area contributed by atoms with E-state index >= 15 is 0 Å². The van der Waals surface area contributed by atoms with Gasteiger partial charge in [-0.05, 0) is 16.0 Å². The van der Waals surface area contributed by atoms with Crippen molar-refractivity contribution in [2.75, 3.05) is 38.8 Å². The molecule has 0 aromatic carbocycles. The highest BCUT2D eigenvalue weighted by molar-refractivity contribution is 5.70. The molecule has 8 nitrogen and oxygen atoms in total. The quantitative estimate of drug-likeness (QED) is 0.399. The Kier molecular flexibility index (Phi) is 6.38. The van der Waals surface area contributed by atoms with Gasteiger partial charge in [-0.3, -0.25) is 4.79 Å².